The maximum Gasteiger partial charge on any atom is 0.195 e. The lowest BCUT2D eigenvalue weighted by Crippen LogP contribution is -2.06. The second-order valence-corrected chi connectivity index (χ2v) is 6.85. The van der Waals surface area contributed by atoms with Crippen molar-refractivity contribution in [3.8, 4) is 0 Å². The van der Waals surface area contributed by atoms with Crippen LogP contribution >= 0.6 is 11.3 Å². The van der Waals surface area contributed by atoms with E-state index in [4.69, 9.17) is 5.11 Å². The van der Waals surface area contributed by atoms with Gasteiger partial charge >= 0.3 is 0 Å². The van der Waals surface area contributed by atoms with Gasteiger partial charge in [0.1, 0.15) is 0 Å². The van der Waals surface area contributed by atoms with Crippen LogP contribution in [0.1, 0.15) is 32.1 Å². The minimum atomic E-state index is -0.0107. The lowest BCUT2D eigenvalue weighted by Gasteiger charge is -2.08. The Balaban J connectivity index is 1.91. The van der Waals surface area contributed by atoms with E-state index in [9.17, 15) is 4.79 Å². The van der Waals surface area contributed by atoms with Gasteiger partial charge in [0.2, 0.25) is 0 Å². The maximum atomic E-state index is 13.3. The molecule has 1 aromatic carbocycles. The highest BCUT2D eigenvalue weighted by molar-refractivity contribution is 7.11. The van der Waals surface area contributed by atoms with E-state index in [1.165, 1.54) is 11.3 Å². The van der Waals surface area contributed by atoms with Gasteiger partial charge in [0.25, 0.3) is 0 Å². The number of pyridine rings is 1. The molecular weight excluding hydrogens is 346 g/mol. The van der Waals surface area contributed by atoms with Gasteiger partial charge in [0.15, 0.2) is 5.78 Å². The molecule has 130 valence electrons. The highest BCUT2D eigenvalue weighted by atomic mass is 32.1. The van der Waals surface area contributed by atoms with E-state index in [1.54, 1.807) is 17.9 Å². The number of allylic oxidation sites excluding steroid dienone is 1. The molecule has 0 unspecified atom stereocenters. The zero-order chi connectivity index (χ0) is 18.1. The molecule has 0 atom stereocenters. The Labute approximate surface area is 155 Å². The summed E-state index contributed by atoms with van der Waals surface area (Å²) in [6.45, 7) is 2.44. The highest BCUT2D eigenvalue weighted by Crippen LogP contribution is 2.44. The molecule has 1 aliphatic rings. The molecule has 0 saturated heterocycles. The monoisotopic (exact) mass is 363 g/mol. The molecule has 5 nitrogen and oxygen atoms in total. The smallest absolute Gasteiger partial charge is 0.195 e. The number of thiazole rings is 1. The average Bonchev–Trinajstić information content (AvgIpc) is 3.21. The van der Waals surface area contributed by atoms with Crippen molar-refractivity contribution in [1.29, 1.82) is 0 Å². The third-order valence-electron chi connectivity index (χ3n) is 4.37. The summed E-state index contributed by atoms with van der Waals surface area (Å²) in [5.41, 5.74) is 7.50. The molecule has 0 spiro atoms. The number of carbonyl (C=O) groups is 1. The van der Waals surface area contributed by atoms with Crippen LogP contribution in [0.3, 0.4) is 0 Å². The number of aromatic nitrogens is 2. The number of aliphatic hydroxyl groups is 1. The fourth-order valence-electron chi connectivity index (χ4n) is 3.21. The number of aliphatic hydroxyl groups excluding tert-OH is 1. The SMILES string of the molecule is Cc1ncsc1C1=C(c2cccnc2)C(=O)c2cc(NCCO)ccc21. The zero-order valence-corrected chi connectivity index (χ0v) is 15.0. The predicted molar refractivity (Wildman–Crippen MR) is 103 cm³/mol. The van der Waals surface area contributed by atoms with Crippen molar-refractivity contribution in [2.45, 2.75) is 6.92 Å². The van der Waals surface area contributed by atoms with Gasteiger partial charge < -0.3 is 10.4 Å². The first-order valence-electron chi connectivity index (χ1n) is 8.29. The predicted octanol–water partition coefficient (Wildman–Crippen LogP) is 3.41. The molecule has 0 saturated carbocycles. The molecule has 2 aromatic heterocycles. The number of Topliss-reactive ketones (excluding diaryl/α,β-unsaturated/α-hetero) is 1. The topological polar surface area (TPSA) is 75.1 Å². The lowest BCUT2D eigenvalue weighted by molar-refractivity contribution is 0.105. The normalized spacial score (nSPS) is 13.2. The molecule has 1 aliphatic carbocycles. The standard InChI is InChI=1S/C20H17N3O2S/c1-12-20(26-11-23-12)18-15-5-4-14(22-7-8-24)9-16(15)19(25)17(18)13-3-2-6-21-10-13/h2-6,9-11,22,24H,7-8H2,1H3. The highest BCUT2D eigenvalue weighted by Gasteiger charge is 2.33. The van der Waals surface area contributed by atoms with E-state index < -0.39 is 0 Å². The summed E-state index contributed by atoms with van der Waals surface area (Å²) in [6, 6.07) is 9.50. The van der Waals surface area contributed by atoms with Gasteiger partial charge in [-0.1, -0.05) is 12.1 Å². The zero-order valence-electron chi connectivity index (χ0n) is 14.2. The number of rotatable bonds is 5. The van der Waals surface area contributed by atoms with E-state index in [0.717, 1.165) is 33.0 Å². The van der Waals surface area contributed by atoms with E-state index in [0.29, 0.717) is 17.7 Å². The third-order valence-corrected chi connectivity index (χ3v) is 5.32. The third kappa shape index (κ3) is 2.73. The summed E-state index contributed by atoms with van der Waals surface area (Å²) < 4.78 is 0. The van der Waals surface area contributed by atoms with Crippen LogP contribution in [-0.2, 0) is 0 Å². The van der Waals surface area contributed by atoms with Crippen molar-refractivity contribution in [2.24, 2.45) is 0 Å². The first-order chi connectivity index (χ1) is 12.7. The molecule has 0 bridgehead atoms. The number of benzene rings is 1. The molecule has 2 heterocycles. The van der Waals surface area contributed by atoms with Gasteiger partial charge in [0, 0.05) is 46.9 Å². The minimum Gasteiger partial charge on any atom is -0.395 e. The quantitative estimate of drug-likeness (QED) is 0.727. The van der Waals surface area contributed by atoms with Crippen molar-refractivity contribution in [1.82, 2.24) is 9.97 Å². The molecule has 2 N–H and O–H groups in total. The van der Waals surface area contributed by atoms with Crippen molar-refractivity contribution in [3.05, 3.63) is 75.5 Å². The summed E-state index contributed by atoms with van der Waals surface area (Å²) >= 11 is 1.54. The van der Waals surface area contributed by atoms with Crippen LogP contribution < -0.4 is 5.32 Å². The number of fused-ring (bicyclic) bond motifs is 1. The number of aryl methyl sites for hydroxylation is 1. The summed E-state index contributed by atoms with van der Waals surface area (Å²) in [5, 5.41) is 12.1. The molecule has 0 aliphatic heterocycles. The number of hydrogen-bond donors (Lipinski definition) is 2. The maximum absolute atomic E-state index is 13.3. The van der Waals surface area contributed by atoms with E-state index in [2.05, 4.69) is 15.3 Å². The van der Waals surface area contributed by atoms with Crippen LogP contribution in [0.4, 0.5) is 5.69 Å². The average molecular weight is 363 g/mol. The number of hydrogen-bond acceptors (Lipinski definition) is 6. The fourth-order valence-corrected chi connectivity index (χ4v) is 4.08. The molecule has 0 amide bonds. The minimum absolute atomic E-state index is 0.0107. The summed E-state index contributed by atoms with van der Waals surface area (Å²) in [6.07, 6.45) is 3.42. The van der Waals surface area contributed by atoms with Crippen molar-refractivity contribution in [3.63, 3.8) is 0 Å². The van der Waals surface area contributed by atoms with Crippen LogP contribution in [0, 0.1) is 6.92 Å². The lowest BCUT2D eigenvalue weighted by atomic mass is 9.99. The van der Waals surface area contributed by atoms with Gasteiger partial charge in [-0.3, -0.25) is 9.78 Å². The number of ketones is 1. The molecule has 4 rings (SSSR count). The fraction of sp³-hybridized carbons (Fsp3) is 0.150. The first kappa shape index (κ1) is 16.6. The summed E-state index contributed by atoms with van der Waals surface area (Å²) in [4.78, 5) is 22.8. The number of nitrogens with zero attached hydrogens (tertiary/aromatic N) is 2. The molecule has 0 radical (unpaired) electrons. The molecule has 0 fully saturated rings. The first-order valence-corrected chi connectivity index (χ1v) is 9.17. The number of carbonyl (C=O) groups excluding carboxylic acids is 1. The summed E-state index contributed by atoms with van der Waals surface area (Å²) in [5.74, 6) is -0.0107. The van der Waals surface area contributed by atoms with E-state index >= 15 is 0 Å². The number of anilines is 1. The van der Waals surface area contributed by atoms with E-state index in [1.807, 2.05) is 37.3 Å². The van der Waals surface area contributed by atoms with Gasteiger partial charge in [-0.25, -0.2) is 4.98 Å². The molecule has 3 aromatic rings. The molecular formula is C20H17N3O2S. The van der Waals surface area contributed by atoms with Gasteiger partial charge in [-0.15, -0.1) is 11.3 Å². The second kappa shape index (κ2) is 6.82. The van der Waals surface area contributed by atoms with Crippen LogP contribution in [0.2, 0.25) is 0 Å². The van der Waals surface area contributed by atoms with Crippen LogP contribution in [0.5, 0.6) is 0 Å². The van der Waals surface area contributed by atoms with Gasteiger partial charge in [-0.05, 0) is 30.7 Å². The Hall–Kier alpha value is -2.83. The van der Waals surface area contributed by atoms with Gasteiger partial charge in [-0.2, -0.15) is 0 Å². The second-order valence-electron chi connectivity index (χ2n) is 6.00. The van der Waals surface area contributed by atoms with Crippen LogP contribution in [-0.4, -0.2) is 34.0 Å². The van der Waals surface area contributed by atoms with Gasteiger partial charge in [0.05, 0.1) is 22.7 Å². The van der Waals surface area contributed by atoms with Crippen LogP contribution in [0.25, 0.3) is 11.1 Å². The Bertz CT molecular complexity index is 1010. The van der Waals surface area contributed by atoms with Crippen molar-refractivity contribution in [2.75, 3.05) is 18.5 Å². The van der Waals surface area contributed by atoms with E-state index in [-0.39, 0.29) is 12.4 Å². The van der Waals surface area contributed by atoms with Crippen molar-refractivity contribution < 1.29 is 9.90 Å². The van der Waals surface area contributed by atoms with Crippen LogP contribution in [0.15, 0.2) is 48.2 Å². The largest absolute Gasteiger partial charge is 0.395 e. The molecule has 26 heavy (non-hydrogen) atoms. The summed E-state index contributed by atoms with van der Waals surface area (Å²) in [7, 11) is 0. The Morgan fingerprint density at radius 1 is 1.19 bits per heavy atom. The number of nitrogens with one attached hydrogen (secondary N) is 1. The molecule has 6 heteroatoms. The Kier molecular flexibility index (Phi) is 4.36. The Morgan fingerprint density at radius 2 is 2.08 bits per heavy atom. The Morgan fingerprint density at radius 3 is 2.77 bits per heavy atom. The van der Waals surface area contributed by atoms with Crippen molar-refractivity contribution >= 4 is 34.0 Å².